The number of azo groups is 4. The average Bonchev–Trinajstić information content (AvgIpc) is 0.844. The number of anilines is 6. The Morgan fingerprint density at radius 1 is 0.333 bits per heavy atom. The van der Waals surface area contributed by atoms with E-state index in [9.17, 15) is 10.2 Å². The van der Waals surface area contributed by atoms with Crippen molar-refractivity contribution in [1.29, 1.82) is 0 Å². The molecule has 8 aromatic carbocycles. The van der Waals surface area contributed by atoms with Crippen molar-refractivity contribution in [2.45, 2.75) is 78.0 Å². The fourth-order valence-electron chi connectivity index (χ4n) is 12.6. The minimum Gasteiger partial charge on any atom is -0.506 e. The van der Waals surface area contributed by atoms with E-state index < -0.39 is 0 Å². The Morgan fingerprint density at radius 3 is 1.03 bits per heavy atom. The number of benzene rings is 8. The van der Waals surface area contributed by atoms with E-state index in [0.29, 0.717) is 57.4 Å². The third-order valence-corrected chi connectivity index (χ3v) is 18.2. The molecule has 28 nitrogen and oxygen atoms in total. The quantitative estimate of drug-likeness (QED) is 0.0124. The zero-order valence-electron chi connectivity index (χ0n) is 57.4. The number of hydrogen-bond donors (Lipinski definition) is 8. The lowest BCUT2D eigenvalue weighted by Gasteiger charge is -2.07. The van der Waals surface area contributed by atoms with Gasteiger partial charge in [-0.1, -0.05) is 118 Å². The summed E-state index contributed by atoms with van der Waals surface area (Å²) in [5.41, 5.74) is 41.9. The summed E-state index contributed by atoms with van der Waals surface area (Å²) in [7, 11) is 7.78. The average molecular weight is 1370 g/mol. The molecule has 0 saturated heterocycles. The van der Waals surface area contributed by atoms with Gasteiger partial charge in [0.25, 0.3) is 0 Å². The third kappa shape index (κ3) is 14.7. The largest absolute Gasteiger partial charge is 0.506 e. The minimum absolute atomic E-state index is 0.0114. The highest BCUT2D eigenvalue weighted by molar-refractivity contribution is 6.06. The van der Waals surface area contributed by atoms with Crippen LogP contribution in [0.4, 0.5) is 80.7 Å². The number of imidazole rings is 6. The highest BCUT2D eigenvalue weighted by atomic mass is 16.3. The van der Waals surface area contributed by atoms with Crippen LogP contribution in [0.1, 0.15) is 25.7 Å². The summed E-state index contributed by atoms with van der Waals surface area (Å²) in [6, 6.07) is 37.8. The highest BCUT2D eigenvalue weighted by Crippen LogP contribution is 2.42. The Balaban J connectivity index is 0.000000182. The van der Waals surface area contributed by atoms with Gasteiger partial charge in [-0.25, -0.2) is 54.8 Å². The molecule has 0 fully saturated rings. The van der Waals surface area contributed by atoms with Crippen molar-refractivity contribution >= 4 is 124 Å². The van der Waals surface area contributed by atoms with Crippen molar-refractivity contribution in [3.05, 3.63) is 208 Å². The fraction of sp³-hybridized carbons (Fsp3) is 0.216. The molecule has 0 radical (unpaired) electrons. The molecule has 14 rings (SSSR count). The van der Waals surface area contributed by atoms with Crippen molar-refractivity contribution < 1.29 is 37.6 Å². The third-order valence-electron chi connectivity index (χ3n) is 18.2. The molecule has 102 heavy (non-hydrogen) atoms. The predicted octanol–water partition coefficient (Wildman–Crippen LogP) is 11.6. The highest BCUT2D eigenvalue weighted by Gasteiger charge is 2.23. The van der Waals surface area contributed by atoms with Crippen molar-refractivity contribution in [3.8, 4) is 11.5 Å². The van der Waals surface area contributed by atoms with E-state index >= 15 is 0 Å². The molecule has 14 N–H and O–H groups in total. The molecule has 14 aromatic rings. The zero-order valence-corrected chi connectivity index (χ0v) is 57.4. The van der Waals surface area contributed by atoms with Crippen molar-refractivity contribution in [1.82, 2.24) is 27.4 Å². The first-order chi connectivity index (χ1) is 49.5. The van der Waals surface area contributed by atoms with Gasteiger partial charge < -0.3 is 44.6 Å². The van der Waals surface area contributed by atoms with Crippen LogP contribution in [0.25, 0.3) is 43.1 Å². The number of phenols is 2. The molecule has 6 heterocycles. The molecule has 0 aliphatic carbocycles. The van der Waals surface area contributed by atoms with Gasteiger partial charge in [-0.3, -0.25) is 0 Å². The van der Waals surface area contributed by atoms with Crippen LogP contribution in [0.3, 0.4) is 0 Å². The van der Waals surface area contributed by atoms with Crippen LogP contribution >= 0.6 is 0 Å². The van der Waals surface area contributed by atoms with E-state index in [0.717, 1.165) is 133 Å². The minimum atomic E-state index is -0.0114. The number of nitrogens with two attached hydrogens (primary N) is 6. The Labute approximate surface area is 587 Å². The second-order valence-corrected chi connectivity index (χ2v) is 25.2. The van der Waals surface area contributed by atoms with Crippen LogP contribution in [0, 0.1) is 0 Å². The van der Waals surface area contributed by atoms with Gasteiger partial charge >= 0.3 is 23.8 Å². The van der Waals surface area contributed by atoms with Gasteiger partial charge in [0.05, 0.1) is 153 Å². The Hall–Kier alpha value is -13.1. The maximum atomic E-state index is 10.3. The van der Waals surface area contributed by atoms with E-state index in [2.05, 4.69) is 115 Å². The van der Waals surface area contributed by atoms with Gasteiger partial charge in [0.2, 0.25) is 12.7 Å². The van der Waals surface area contributed by atoms with E-state index in [1.54, 1.807) is 24.3 Å². The van der Waals surface area contributed by atoms with Crippen molar-refractivity contribution in [2.24, 2.45) is 69.1 Å². The number of fused-ring (bicyclic) bond motifs is 4. The number of rotatable bonds is 24. The first-order valence-electron chi connectivity index (χ1n) is 33.6. The Bertz CT molecular complexity index is 5180. The topological polar surface area (TPSA) is 348 Å². The molecule has 0 saturated carbocycles. The summed E-state index contributed by atoms with van der Waals surface area (Å²) in [6.07, 6.45) is 32.2. The summed E-state index contributed by atoms with van der Waals surface area (Å²) in [6.45, 7) is 6.48. The maximum absolute atomic E-state index is 10.3. The summed E-state index contributed by atoms with van der Waals surface area (Å²) < 4.78 is 24.9. The summed E-state index contributed by atoms with van der Waals surface area (Å²) in [5.74, 6) is 2.84. The second kappa shape index (κ2) is 29.9. The molecule has 6 aromatic heterocycles. The van der Waals surface area contributed by atoms with Crippen molar-refractivity contribution in [3.63, 3.8) is 0 Å². The van der Waals surface area contributed by atoms with Crippen LogP contribution in [0.15, 0.2) is 249 Å². The van der Waals surface area contributed by atoms with E-state index in [1.807, 2.05) is 193 Å². The first kappa shape index (κ1) is 67.4. The number of phenolic OH excluding ortho intramolecular Hbond substituents is 2. The predicted molar refractivity (Wildman–Crippen MR) is 392 cm³/mol. The summed E-state index contributed by atoms with van der Waals surface area (Å²) in [5, 5.41) is 64.1. The molecule has 28 heteroatoms. The number of aromatic nitrogens is 12. The van der Waals surface area contributed by atoms with Crippen LogP contribution < -0.4 is 61.8 Å². The van der Waals surface area contributed by atoms with Crippen LogP contribution in [0.5, 0.6) is 11.5 Å². The maximum Gasteiger partial charge on any atom is 0.421 e. The van der Waals surface area contributed by atoms with Crippen LogP contribution in [-0.2, 0) is 80.5 Å². The zero-order chi connectivity index (χ0) is 71.0. The Morgan fingerprint density at radius 2 is 0.657 bits per heavy atom. The number of hydrogen-bond acceptors (Lipinski definition) is 16. The van der Waals surface area contributed by atoms with Crippen molar-refractivity contribution in [2.75, 3.05) is 34.4 Å². The van der Waals surface area contributed by atoms with Crippen LogP contribution in [0.2, 0.25) is 0 Å². The number of nitrogen functional groups attached to an aromatic ring is 6. The lowest BCUT2D eigenvalue weighted by atomic mass is 10.1. The SMILES string of the molecule is C[n+]1ccn(CCCn2cc[n+](CCCn3cc[n+](C)c3N=Nc3c(N)c(O)cc4ccccc34)c2)c1N=Nc1c(N)c(O)cc2ccccc12.C[n+]1ccn(CCCn2cc[n+](CCCn3cc[n+](C)c3N=Nc3cc(N)c(N)c4ccccc34)c2)c1N=Nc1cc(N)c(N)c2ccccc12. The lowest BCUT2D eigenvalue weighted by Crippen LogP contribution is -2.32. The molecule has 0 atom stereocenters. The molecule has 0 bridgehead atoms. The molecular formula is C74H84N26O2+6. The molecule has 0 unspecified atom stereocenters. The molecule has 0 aliphatic rings. The summed E-state index contributed by atoms with van der Waals surface area (Å²) >= 11 is 0. The van der Waals surface area contributed by atoms with Gasteiger partial charge in [0, 0.05) is 78.5 Å². The summed E-state index contributed by atoms with van der Waals surface area (Å²) in [4.78, 5) is 0. The molecule has 516 valence electrons. The van der Waals surface area contributed by atoms with Gasteiger partial charge in [-0.15, -0.1) is 0 Å². The standard InChI is InChI=1S/C37H41N14.C37H38N12O2/c1-46-17-21-50(36(46)44-42-32-23-30(38)34(40)28-11-5-3-9-26(28)32)15-7-13-48-19-20-49(25-48)14-8-16-51-22-18-47(2)37(51)45-43-33-24-31(39)35(41)29-12-6-4-10-27(29)33;1-44-17-21-48(36(44)42-40-34-28-11-5-3-9-26(28)23-30(50)32(34)38)15-7-13-46-19-20-47(25-46)14-8-16-49-22-18-45(2)37(49)43-41-35-29-12-6-4-10-27(29)24-31(51)33(35)39/h3-6,9-12,17-25,40-41H,7-8,13-16H2,1-2H3,(H4,38,39,42,43);3-6,9-12,17-25,38-39H,7-8,13-16H2,1-2H3,(H-,40,41,50,51)/q+1;/p+5. The van der Waals surface area contributed by atoms with E-state index in [4.69, 9.17) is 34.4 Å². The first-order valence-corrected chi connectivity index (χ1v) is 33.6. The molecule has 0 spiro atoms. The molecule has 0 amide bonds. The Kier molecular flexibility index (Phi) is 19.8. The lowest BCUT2D eigenvalue weighted by molar-refractivity contribution is -0.697. The van der Waals surface area contributed by atoms with Gasteiger partial charge in [-0.2, -0.15) is 0 Å². The number of aromatic hydroxyl groups is 2. The number of nitrogens with zero attached hydrogens (tertiary/aromatic N) is 20. The smallest absolute Gasteiger partial charge is 0.421 e. The molecule has 0 aliphatic heterocycles. The van der Waals surface area contributed by atoms with Gasteiger partial charge in [-0.05, 0) is 35.0 Å². The number of aryl methyl sites for hydroxylation is 12. The normalized spacial score (nSPS) is 12.0. The molecular weight excluding hydrogens is 1280 g/mol. The van der Waals surface area contributed by atoms with Crippen LogP contribution in [-0.4, -0.2) is 37.6 Å². The fourth-order valence-corrected chi connectivity index (χ4v) is 12.6. The second-order valence-electron chi connectivity index (χ2n) is 25.2. The van der Waals surface area contributed by atoms with E-state index in [-0.39, 0.29) is 22.9 Å². The van der Waals surface area contributed by atoms with Gasteiger partial charge in [0.1, 0.15) is 70.4 Å². The monoisotopic (exact) mass is 1370 g/mol. The van der Waals surface area contributed by atoms with Gasteiger partial charge in [0.15, 0.2) is 0 Å². The van der Waals surface area contributed by atoms with E-state index in [1.165, 1.54) is 0 Å².